The number of piperidine rings is 1. The number of benzene rings is 1. The molecule has 1 amide bonds. The normalized spacial score (nSPS) is 22.4. The van der Waals surface area contributed by atoms with Crippen molar-refractivity contribution >= 4 is 17.4 Å². The zero-order valence-electron chi connectivity index (χ0n) is 19.4. The van der Waals surface area contributed by atoms with E-state index in [-0.39, 0.29) is 18.0 Å². The number of likely N-dealkylation sites (tertiary alicyclic amines) is 1. The summed E-state index contributed by atoms with van der Waals surface area (Å²) < 4.78 is 13.1. The van der Waals surface area contributed by atoms with Crippen LogP contribution < -0.4 is 20.1 Å². The van der Waals surface area contributed by atoms with Gasteiger partial charge in [-0.05, 0) is 50.8 Å². The van der Waals surface area contributed by atoms with Gasteiger partial charge in [0.25, 0.3) is 5.91 Å². The van der Waals surface area contributed by atoms with Crippen LogP contribution in [-0.2, 0) is 0 Å². The van der Waals surface area contributed by atoms with Crippen LogP contribution in [0.3, 0.4) is 0 Å². The number of carbonyl (C=O) groups is 1. The monoisotopic (exact) mass is 462 g/mol. The Kier molecular flexibility index (Phi) is 5.28. The molecule has 0 spiro atoms. The highest BCUT2D eigenvalue weighted by Gasteiger charge is 2.32. The van der Waals surface area contributed by atoms with Gasteiger partial charge in [-0.2, -0.15) is 5.10 Å². The molecule has 2 unspecified atom stereocenters. The number of nitrogens with zero attached hydrogens (tertiary/aromatic N) is 5. The zero-order chi connectivity index (χ0) is 23.2. The number of fused-ring (bicyclic) bond motifs is 2. The van der Waals surface area contributed by atoms with Crippen LogP contribution in [0.4, 0.5) is 5.82 Å². The number of amides is 1. The summed E-state index contributed by atoms with van der Waals surface area (Å²) in [6.07, 6.45) is 5.94. The Labute approximate surface area is 198 Å². The van der Waals surface area contributed by atoms with Crippen LogP contribution in [0.15, 0.2) is 30.5 Å². The summed E-state index contributed by atoms with van der Waals surface area (Å²) in [7, 11) is 0. The molecule has 9 heteroatoms. The molecule has 0 saturated carbocycles. The standard InChI is InChI=1S/C25H30N6O3/c1-16-14-31-23(27-24(16)29-9-7-18(26)15-29)13-19(28-31)20-4-2-3-8-30(20)25(32)17-5-6-21-22(12-17)34-11-10-33-21/h5-6,12-14,18,20H,2-4,7-11,15,26H2,1H3. The average molecular weight is 463 g/mol. The molecule has 3 aliphatic heterocycles. The van der Waals surface area contributed by atoms with Gasteiger partial charge in [-0.15, -0.1) is 0 Å². The van der Waals surface area contributed by atoms with Crippen LogP contribution in [0, 0.1) is 6.92 Å². The van der Waals surface area contributed by atoms with E-state index < -0.39 is 0 Å². The Hall–Kier alpha value is -3.33. The van der Waals surface area contributed by atoms with Crippen LogP contribution in [0.2, 0.25) is 0 Å². The quantitative estimate of drug-likeness (QED) is 0.639. The number of nitrogens with two attached hydrogens (primary N) is 1. The number of ether oxygens (including phenoxy) is 2. The zero-order valence-corrected chi connectivity index (χ0v) is 19.4. The third-order valence-electron chi connectivity index (χ3n) is 7.04. The van der Waals surface area contributed by atoms with Gasteiger partial charge in [0.05, 0.1) is 11.7 Å². The first-order valence-corrected chi connectivity index (χ1v) is 12.1. The number of anilines is 1. The molecule has 2 saturated heterocycles. The summed E-state index contributed by atoms with van der Waals surface area (Å²) in [5.74, 6) is 2.29. The number of rotatable bonds is 3. The van der Waals surface area contributed by atoms with Gasteiger partial charge in [-0.25, -0.2) is 9.50 Å². The van der Waals surface area contributed by atoms with E-state index in [2.05, 4.69) is 11.8 Å². The van der Waals surface area contributed by atoms with E-state index in [1.165, 1.54) is 0 Å². The minimum absolute atomic E-state index is 0.00499. The van der Waals surface area contributed by atoms with Gasteiger partial charge in [-0.3, -0.25) is 4.79 Å². The van der Waals surface area contributed by atoms with Crippen molar-refractivity contribution in [1.29, 1.82) is 0 Å². The molecule has 5 heterocycles. The van der Waals surface area contributed by atoms with Gasteiger partial charge in [0.1, 0.15) is 19.0 Å². The molecule has 2 atom stereocenters. The van der Waals surface area contributed by atoms with E-state index in [1.54, 1.807) is 6.07 Å². The lowest BCUT2D eigenvalue weighted by Gasteiger charge is -2.35. The molecule has 2 aromatic heterocycles. The lowest BCUT2D eigenvalue weighted by atomic mass is 9.98. The van der Waals surface area contributed by atoms with Crippen molar-refractivity contribution in [3.05, 3.63) is 47.3 Å². The van der Waals surface area contributed by atoms with Crippen LogP contribution in [0.1, 0.15) is 53.3 Å². The van der Waals surface area contributed by atoms with Gasteiger partial charge in [0.2, 0.25) is 0 Å². The molecular weight excluding hydrogens is 432 g/mol. The third-order valence-corrected chi connectivity index (χ3v) is 7.04. The molecule has 3 aromatic rings. The topological polar surface area (TPSA) is 98.2 Å². The van der Waals surface area contributed by atoms with Crippen molar-refractivity contribution < 1.29 is 14.3 Å². The van der Waals surface area contributed by atoms with Gasteiger partial charge in [0, 0.05) is 49.1 Å². The largest absolute Gasteiger partial charge is 0.486 e. The van der Waals surface area contributed by atoms with E-state index in [0.717, 1.165) is 61.5 Å². The van der Waals surface area contributed by atoms with Crippen LogP contribution >= 0.6 is 0 Å². The maximum atomic E-state index is 13.6. The summed E-state index contributed by atoms with van der Waals surface area (Å²) in [5.41, 5.74) is 9.48. The first-order chi connectivity index (χ1) is 16.6. The summed E-state index contributed by atoms with van der Waals surface area (Å²) >= 11 is 0. The Bertz CT molecular complexity index is 1240. The Morgan fingerprint density at radius 2 is 1.94 bits per heavy atom. The molecule has 0 aliphatic carbocycles. The molecule has 34 heavy (non-hydrogen) atoms. The number of hydrogen-bond acceptors (Lipinski definition) is 7. The minimum atomic E-state index is -0.0832. The second-order valence-electron chi connectivity index (χ2n) is 9.48. The van der Waals surface area contributed by atoms with Gasteiger partial charge < -0.3 is 25.0 Å². The smallest absolute Gasteiger partial charge is 0.254 e. The van der Waals surface area contributed by atoms with E-state index in [1.807, 2.05) is 33.8 Å². The highest BCUT2D eigenvalue weighted by molar-refractivity contribution is 5.95. The van der Waals surface area contributed by atoms with Crippen molar-refractivity contribution in [2.75, 3.05) is 37.7 Å². The van der Waals surface area contributed by atoms with Crippen molar-refractivity contribution in [2.45, 2.75) is 44.7 Å². The maximum absolute atomic E-state index is 13.6. The van der Waals surface area contributed by atoms with Crippen molar-refractivity contribution in [2.24, 2.45) is 5.73 Å². The van der Waals surface area contributed by atoms with Gasteiger partial charge in [0.15, 0.2) is 17.1 Å². The Balaban J connectivity index is 1.30. The van der Waals surface area contributed by atoms with E-state index >= 15 is 0 Å². The van der Waals surface area contributed by atoms with E-state index in [9.17, 15) is 4.79 Å². The second-order valence-corrected chi connectivity index (χ2v) is 9.48. The molecule has 3 aliphatic rings. The first-order valence-electron chi connectivity index (χ1n) is 12.1. The number of hydrogen-bond donors (Lipinski definition) is 1. The Morgan fingerprint density at radius 1 is 1.09 bits per heavy atom. The van der Waals surface area contributed by atoms with E-state index in [4.69, 9.17) is 25.3 Å². The maximum Gasteiger partial charge on any atom is 0.254 e. The molecular formula is C25H30N6O3. The molecule has 2 N–H and O–H groups in total. The summed E-state index contributed by atoms with van der Waals surface area (Å²) in [6, 6.07) is 7.58. The van der Waals surface area contributed by atoms with Crippen LogP contribution in [-0.4, -0.2) is 64.3 Å². The fourth-order valence-electron chi connectivity index (χ4n) is 5.31. The van der Waals surface area contributed by atoms with Crippen molar-refractivity contribution in [3.8, 4) is 11.5 Å². The van der Waals surface area contributed by atoms with E-state index in [0.29, 0.717) is 36.8 Å². The van der Waals surface area contributed by atoms with Gasteiger partial charge >= 0.3 is 0 Å². The molecule has 2 fully saturated rings. The number of aryl methyl sites for hydroxylation is 1. The Morgan fingerprint density at radius 3 is 2.76 bits per heavy atom. The molecule has 9 nitrogen and oxygen atoms in total. The molecule has 0 radical (unpaired) electrons. The first kappa shape index (κ1) is 21.2. The third kappa shape index (κ3) is 3.73. The van der Waals surface area contributed by atoms with Crippen LogP contribution in [0.5, 0.6) is 11.5 Å². The fraction of sp³-hybridized carbons (Fsp3) is 0.480. The summed E-state index contributed by atoms with van der Waals surface area (Å²) in [4.78, 5) is 22.7. The lowest BCUT2D eigenvalue weighted by Crippen LogP contribution is -2.38. The fourth-order valence-corrected chi connectivity index (χ4v) is 5.31. The molecule has 1 aromatic carbocycles. The van der Waals surface area contributed by atoms with Crippen LogP contribution in [0.25, 0.3) is 5.65 Å². The molecule has 178 valence electrons. The lowest BCUT2D eigenvalue weighted by molar-refractivity contribution is 0.0604. The second kappa shape index (κ2) is 8.47. The van der Waals surface area contributed by atoms with Gasteiger partial charge in [-0.1, -0.05) is 0 Å². The number of carbonyl (C=O) groups excluding carboxylic acids is 1. The predicted octanol–water partition coefficient (Wildman–Crippen LogP) is 2.71. The summed E-state index contributed by atoms with van der Waals surface area (Å²) in [5, 5.41) is 4.85. The van der Waals surface area contributed by atoms with Crippen molar-refractivity contribution in [1.82, 2.24) is 19.5 Å². The minimum Gasteiger partial charge on any atom is -0.486 e. The average Bonchev–Trinajstić information content (AvgIpc) is 3.48. The highest BCUT2D eigenvalue weighted by atomic mass is 16.6. The summed E-state index contributed by atoms with van der Waals surface area (Å²) in [6.45, 7) is 5.54. The highest BCUT2D eigenvalue weighted by Crippen LogP contribution is 2.35. The number of aromatic nitrogens is 3. The SMILES string of the molecule is Cc1cn2nc(C3CCCCN3C(=O)c3ccc4c(c3)OCCO4)cc2nc1N1CCC(N)C1. The van der Waals surface area contributed by atoms with Crippen molar-refractivity contribution in [3.63, 3.8) is 0 Å². The molecule has 0 bridgehead atoms. The molecule has 6 rings (SSSR count). The predicted molar refractivity (Wildman–Crippen MR) is 128 cm³/mol.